The molecule has 2 nitrogen and oxygen atoms in total. The lowest BCUT2D eigenvalue weighted by Gasteiger charge is -2.15. The predicted octanol–water partition coefficient (Wildman–Crippen LogP) is 5.52. The van der Waals surface area contributed by atoms with Crippen molar-refractivity contribution in [2.75, 3.05) is 11.9 Å². The highest BCUT2D eigenvalue weighted by molar-refractivity contribution is 7.14. The molecule has 1 N–H and O–H groups in total. The summed E-state index contributed by atoms with van der Waals surface area (Å²) >= 11 is 7.34. The van der Waals surface area contributed by atoms with Gasteiger partial charge in [-0.1, -0.05) is 11.6 Å². The molecule has 1 aromatic carbocycles. The molecule has 1 heterocycles. The first-order valence-corrected chi connectivity index (χ1v) is 7.39. The van der Waals surface area contributed by atoms with E-state index in [0.29, 0.717) is 0 Å². The van der Waals surface area contributed by atoms with Gasteiger partial charge < -0.3 is 10.1 Å². The molecule has 21 heavy (non-hydrogen) atoms. The van der Waals surface area contributed by atoms with Crippen LogP contribution in [0.15, 0.2) is 35.7 Å². The Balaban J connectivity index is 1.93. The Bertz CT molecular complexity index is 583. The minimum absolute atomic E-state index is 0.0516. The molecular formula is C14H13ClF3NOS. The van der Waals surface area contributed by atoms with Gasteiger partial charge in [0, 0.05) is 11.7 Å². The lowest BCUT2D eigenvalue weighted by Crippen LogP contribution is -2.19. The van der Waals surface area contributed by atoms with Crippen molar-refractivity contribution < 1.29 is 17.9 Å². The number of nitrogens with one attached hydrogen (secondary N) is 1. The van der Waals surface area contributed by atoms with Crippen molar-refractivity contribution in [1.82, 2.24) is 0 Å². The molecular weight excluding hydrogens is 323 g/mol. The van der Waals surface area contributed by atoms with Crippen LogP contribution in [0.1, 0.15) is 18.5 Å². The Morgan fingerprint density at radius 1 is 1.29 bits per heavy atom. The van der Waals surface area contributed by atoms with Crippen molar-refractivity contribution in [3.8, 4) is 5.75 Å². The third kappa shape index (κ3) is 5.13. The number of ether oxygens (including phenoxy) is 1. The van der Waals surface area contributed by atoms with E-state index in [1.165, 1.54) is 23.5 Å². The number of hydrogen-bond donors (Lipinski definition) is 1. The van der Waals surface area contributed by atoms with Crippen molar-refractivity contribution in [2.24, 2.45) is 0 Å². The van der Waals surface area contributed by atoms with Crippen LogP contribution >= 0.6 is 22.9 Å². The van der Waals surface area contributed by atoms with Gasteiger partial charge in [-0.15, -0.1) is 11.3 Å². The minimum atomic E-state index is -4.33. The van der Waals surface area contributed by atoms with E-state index in [2.05, 4.69) is 10.1 Å². The molecule has 0 aliphatic carbocycles. The molecule has 0 fully saturated rings. The maximum absolute atomic E-state index is 12.0. The van der Waals surface area contributed by atoms with Gasteiger partial charge in [0.15, 0.2) is 6.61 Å². The van der Waals surface area contributed by atoms with E-state index >= 15 is 0 Å². The van der Waals surface area contributed by atoms with Crippen LogP contribution in [0.4, 0.5) is 18.9 Å². The Labute approximate surface area is 129 Å². The van der Waals surface area contributed by atoms with E-state index in [1.54, 1.807) is 12.1 Å². The molecule has 114 valence electrons. The van der Waals surface area contributed by atoms with E-state index in [1.807, 2.05) is 18.4 Å². The SMILES string of the molecule is CC(Nc1ccc(OCC(F)(F)F)cc1)c1csc(Cl)c1. The van der Waals surface area contributed by atoms with Gasteiger partial charge in [0.05, 0.1) is 4.34 Å². The summed E-state index contributed by atoms with van der Waals surface area (Å²) in [7, 11) is 0. The van der Waals surface area contributed by atoms with Crippen LogP contribution in [0.25, 0.3) is 0 Å². The van der Waals surface area contributed by atoms with Crippen LogP contribution in [-0.4, -0.2) is 12.8 Å². The maximum Gasteiger partial charge on any atom is 0.422 e. The van der Waals surface area contributed by atoms with Crippen molar-refractivity contribution >= 4 is 28.6 Å². The molecule has 7 heteroatoms. The minimum Gasteiger partial charge on any atom is -0.484 e. The van der Waals surface area contributed by atoms with Crippen molar-refractivity contribution in [3.05, 3.63) is 45.6 Å². The van der Waals surface area contributed by atoms with Gasteiger partial charge >= 0.3 is 6.18 Å². The Kier molecular flexibility index (Phi) is 5.00. The van der Waals surface area contributed by atoms with Crippen LogP contribution in [0.5, 0.6) is 5.75 Å². The van der Waals surface area contributed by atoms with E-state index in [4.69, 9.17) is 11.6 Å². The smallest absolute Gasteiger partial charge is 0.422 e. The summed E-state index contributed by atoms with van der Waals surface area (Å²) in [4.78, 5) is 0. The van der Waals surface area contributed by atoms with Crippen LogP contribution in [0.2, 0.25) is 4.34 Å². The fraction of sp³-hybridized carbons (Fsp3) is 0.286. The first-order valence-electron chi connectivity index (χ1n) is 6.13. The molecule has 0 radical (unpaired) electrons. The Hall–Kier alpha value is -1.40. The van der Waals surface area contributed by atoms with Gasteiger partial charge in [0.25, 0.3) is 0 Å². The zero-order chi connectivity index (χ0) is 15.5. The summed E-state index contributed by atoms with van der Waals surface area (Å²) in [5, 5.41) is 5.20. The number of anilines is 1. The number of hydrogen-bond acceptors (Lipinski definition) is 3. The summed E-state index contributed by atoms with van der Waals surface area (Å²) in [6.45, 7) is 0.691. The first kappa shape index (κ1) is 16.0. The first-order chi connectivity index (χ1) is 9.83. The van der Waals surface area contributed by atoms with Crippen LogP contribution < -0.4 is 10.1 Å². The van der Waals surface area contributed by atoms with Crippen LogP contribution in [-0.2, 0) is 0 Å². The largest absolute Gasteiger partial charge is 0.484 e. The van der Waals surface area contributed by atoms with E-state index in [9.17, 15) is 13.2 Å². The lowest BCUT2D eigenvalue weighted by molar-refractivity contribution is -0.153. The topological polar surface area (TPSA) is 21.3 Å². The van der Waals surface area contributed by atoms with Crippen LogP contribution in [0.3, 0.4) is 0 Å². The van der Waals surface area contributed by atoms with Crippen LogP contribution in [0, 0.1) is 0 Å². The van der Waals surface area contributed by atoms with Crippen molar-refractivity contribution in [1.29, 1.82) is 0 Å². The molecule has 0 bridgehead atoms. The average molecular weight is 336 g/mol. The normalized spacial score (nSPS) is 13.0. The highest BCUT2D eigenvalue weighted by atomic mass is 35.5. The molecule has 1 unspecified atom stereocenters. The van der Waals surface area contributed by atoms with Gasteiger partial charge in [-0.3, -0.25) is 0 Å². The van der Waals surface area contributed by atoms with Gasteiger partial charge in [-0.2, -0.15) is 13.2 Å². The second kappa shape index (κ2) is 6.58. The predicted molar refractivity (Wildman–Crippen MR) is 79.4 cm³/mol. The summed E-state index contributed by atoms with van der Waals surface area (Å²) in [6.07, 6.45) is -4.33. The molecule has 0 aliphatic rings. The summed E-state index contributed by atoms with van der Waals surface area (Å²) < 4.78 is 41.5. The second-order valence-electron chi connectivity index (χ2n) is 4.48. The zero-order valence-electron chi connectivity index (χ0n) is 11.1. The third-order valence-electron chi connectivity index (χ3n) is 2.73. The molecule has 1 aromatic heterocycles. The fourth-order valence-electron chi connectivity index (χ4n) is 1.70. The highest BCUT2D eigenvalue weighted by Gasteiger charge is 2.28. The molecule has 0 spiro atoms. The monoisotopic (exact) mass is 335 g/mol. The van der Waals surface area contributed by atoms with Gasteiger partial charge in [0.1, 0.15) is 5.75 Å². The highest BCUT2D eigenvalue weighted by Crippen LogP contribution is 2.28. The molecule has 0 saturated carbocycles. The summed E-state index contributed by atoms with van der Waals surface area (Å²) in [5.41, 5.74) is 1.85. The van der Waals surface area contributed by atoms with E-state index in [-0.39, 0.29) is 11.8 Å². The zero-order valence-corrected chi connectivity index (χ0v) is 12.6. The molecule has 1 atom stereocenters. The van der Waals surface area contributed by atoms with E-state index < -0.39 is 12.8 Å². The summed E-state index contributed by atoms with van der Waals surface area (Å²) in [5.74, 6) is 0.184. The third-order valence-corrected chi connectivity index (χ3v) is 3.84. The molecule has 0 saturated heterocycles. The fourth-order valence-corrected chi connectivity index (χ4v) is 2.68. The number of benzene rings is 1. The molecule has 2 rings (SSSR count). The standard InChI is InChI=1S/C14H13ClF3NOS/c1-9(10-6-13(15)21-7-10)19-11-2-4-12(5-3-11)20-8-14(16,17)18/h2-7,9,19H,8H2,1H3. The molecule has 2 aromatic rings. The Morgan fingerprint density at radius 3 is 2.48 bits per heavy atom. The average Bonchev–Trinajstić information content (AvgIpc) is 2.84. The van der Waals surface area contributed by atoms with Gasteiger partial charge in [0.2, 0.25) is 0 Å². The lowest BCUT2D eigenvalue weighted by atomic mass is 10.1. The van der Waals surface area contributed by atoms with Crippen molar-refractivity contribution in [2.45, 2.75) is 19.1 Å². The summed E-state index contributed by atoms with van der Waals surface area (Å²) in [6, 6.07) is 8.29. The number of thiophene rings is 1. The second-order valence-corrected chi connectivity index (χ2v) is 6.02. The van der Waals surface area contributed by atoms with Gasteiger partial charge in [-0.05, 0) is 48.2 Å². The van der Waals surface area contributed by atoms with Crippen molar-refractivity contribution in [3.63, 3.8) is 0 Å². The Morgan fingerprint density at radius 2 is 1.95 bits per heavy atom. The number of halogens is 4. The van der Waals surface area contributed by atoms with Gasteiger partial charge in [-0.25, -0.2) is 0 Å². The number of rotatable bonds is 5. The van der Waals surface area contributed by atoms with E-state index in [0.717, 1.165) is 15.6 Å². The number of alkyl halides is 3. The molecule has 0 amide bonds. The quantitative estimate of drug-likeness (QED) is 0.777. The maximum atomic E-state index is 12.0. The molecule has 0 aliphatic heterocycles.